The molecule has 0 aromatic carbocycles. The van der Waals surface area contributed by atoms with Crippen LogP contribution in [0.15, 0.2) is 12.2 Å². The summed E-state index contributed by atoms with van der Waals surface area (Å²) in [7, 11) is 0. The molecule has 0 aromatic heterocycles. The maximum Gasteiger partial charge on any atom is 0.171 e. The fourth-order valence-corrected chi connectivity index (χ4v) is 4.03. The van der Waals surface area contributed by atoms with Gasteiger partial charge in [-0.3, -0.25) is 0 Å². The highest BCUT2D eigenvalue weighted by Gasteiger charge is 2.51. The minimum atomic E-state index is -0.419. The van der Waals surface area contributed by atoms with Crippen LogP contribution in [0.5, 0.6) is 0 Å². The first-order chi connectivity index (χ1) is 11.3. The molecule has 0 unspecified atom stereocenters. The van der Waals surface area contributed by atoms with E-state index in [9.17, 15) is 0 Å². The van der Waals surface area contributed by atoms with Crippen molar-refractivity contribution in [2.24, 2.45) is 11.8 Å². The van der Waals surface area contributed by atoms with Crippen LogP contribution in [0.3, 0.4) is 0 Å². The zero-order chi connectivity index (χ0) is 16.0. The topological polar surface area (TPSA) is 60.7 Å². The largest absolute Gasteiger partial charge is 0.350 e. The molecule has 128 valence electrons. The van der Waals surface area contributed by atoms with Gasteiger partial charge in [-0.05, 0) is 38.0 Å². The minimum absolute atomic E-state index is 0.00167. The van der Waals surface area contributed by atoms with Gasteiger partial charge in [-0.2, -0.15) is 5.26 Å². The number of nitrogens with zero attached hydrogens (tertiary/aromatic N) is 1. The molecular weight excluding hydrogens is 294 g/mol. The molecule has 1 spiro atoms. The lowest BCUT2D eigenvalue weighted by Gasteiger charge is -2.31. The van der Waals surface area contributed by atoms with Crippen molar-refractivity contribution in [3.05, 3.63) is 12.2 Å². The molecule has 2 saturated heterocycles. The van der Waals surface area contributed by atoms with Crippen LogP contribution >= 0.6 is 0 Å². The zero-order valence-electron chi connectivity index (χ0n) is 13.7. The van der Waals surface area contributed by atoms with E-state index in [4.69, 9.17) is 24.2 Å². The third kappa shape index (κ3) is 4.13. The molecule has 3 aliphatic rings. The molecule has 0 N–H and O–H groups in total. The highest BCUT2D eigenvalue weighted by Crippen LogP contribution is 2.48. The fourth-order valence-electron chi connectivity index (χ4n) is 4.03. The molecule has 3 fully saturated rings. The van der Waals surface area contributed by atoms with Crippen LogP contribution in [0.1, 0.15) is 44.9 Å². The maximum atomic E-state index is 9.05. The average Bonchev–Trinajstić information content (AvgIpc) is 3.29. The predicted molar refractivity (Wildman–Crippen MR) is 84.4 cm³/mol. The average molecular weight is 321 g/mol. The lowest BCUT2D eigenvalue weighted by molar-refractivity contribution is -0.185. The summed E-state index contributed by atoms with van der Waals surface area (Å²) in [6.45, 7) is 2.82. The van der Waals surface area contributed by atoms with Gasteiger partial charge in [0, 0.05) is 18.8 Å². The quantitative estimate of drug-likeness (QED) is 0.532. The van der Waals surface area contributed by atoms with Gasteiger partial charge in [0.15, 0.2) is 12.1 Å². The van der Waals surface area contributed by atoms with Crippen molar-refractivity contribution >= 4 is 0 Å². The van der Waals surface area contributed by atoms with Gasteiger partial charge in [0.1, 0.15) is 0 Å². The molecule has 3 rings (SSSR count). The number of allylic oxidation sites excluding steroid dienone is 2. The van der Waals surface area contributed by atoms with Crippen molar-refractivity contribution in [2.75, 3.05) is 26.4 Å². The second kappa shape index (κ2) is 8.25. The maximum absolute atomic E-state index is 9.05. The Morgan fingerprint density at radius 3 is 2.61 bits per heavy atom. The Hall–Kier alpha value is -0.930. The Morgan fingerprint density at radius 1 is 1.09 bits per heavy atom. The van der Waals surface area contributed by atoms with Crippen molar-refractivity contribution in [1.29, 1.82) is 5.26 Å². The number of ether oxygens (including phenoxy) is 4. The number of hydrogen-bond acceptors (Lipinski definition) is 5. The number of unbranched alkanes of at least 4 members (excludes halogenated alkanes) is 1. The molecular formula is C18H27NO4. The normalized spacial score (nSPS) is 30.6. The van der Waals surface area contributed by atoms with Crippen molar-refractivity contribution in [3.8, 4) is 6.07 Å². The summed E-state index contributed by atoms with van der Waals surface area (Å²) >= 11 is 0. The molecule has 2 heterocycles. The summed E-state index contributed by atoms with van der Waals surface area (Å²) < 4.78 is 22.7. The van der Waals surface area contributed by atoms with E-state index in [0.29, 0.717) is 31.5 Å². The first kappa shape index (κ1) is 16.9. The molecule has 0 aromatic rings. The van der Waals surface area contributed by atoms with Crippen molar-refractivity contribution in [1.82, 2.24) is 0 Å². The van der Waals surface area contributed by atoms with Crippen LogP contribution in [0.25, 0.3) is 0 Å². The van der Waals surface area contributed by atoms with Crippen LogP contribution < -0.4 is 0 Å². The molecule has 2 aliphatic heterocycles. The Labute approximate surface area is 138 Å². The molecule has 1 saturated carbocycles. The predicted octanol–water partition coefficient (Wildman–Crippen LogP) is 3.16. The van der Waals surface area contributed by atoms with Gasteiger partial charge in [0.25, 0.3) is 0 Å². The molecule has 5 nitrogen and oxygen atoms in total. The van der Waals surface area contributed by atoms with E-state index in [1.54, 1.807) is 0 Å². The second-order valence-corrected chi connectivity index (χ2v) is 6.59. The van der Waals surface area contributed by atoms with Gasteiger partial charge < -0.3 is 18.9 Å². The van der Waals surface area contributed by atoms with Crippen LogP contribution in [0.2, 0.25) is 0 Å². The summed E-state index contributed by atoms with van der Waals surface area (Å²) in [6.07, 6.45) is 11.0. The van der Waals surface area contributed by atoms with E-state index in [2.05, 4.69) is 18.2 Å². The lowest BCUT2D eigenvalue weighted by atomic mass is 9.87. The third-order valence-electron chi connectivity index (χ3n) is 5.19. The summed E-state index contributed by atoms with van der Waals surface area (Å²) in [6, 6.07) is 2.32. The molecule has 2 atom stereocenters. The van der Waals surface area contributed by atoms with E-state index in [1.807, 2.05) is 0 Å². The van der Waals surface area contributed by atoms with Gasteiger partial charge in [-0.25, -0.2) is 0 Å². The summed E-state index contributed by atoms with van der Waals surface area (Å²) in [5.41, 5.74) is 0. The Bertz CT molecular complexity index is 433. The zero-order valence-corrected chi connectivity index (χ0v) is 13.7. The van der Waals surface area contributed by atoms with Crippen molar-refractivity contribution in [3.63, 3.8) is 0 Å². The Morgan fingerprint density at radius 2 is 1.87 bits per heavy atom. The van der Waals surface area contributed by atoms with Gasteiger partial charge in [0.2, 0.25) is 0 Å². The van der Waals surface area contributed by atoms with E-state index in [-0.39, 0.29) is 6.29 Å². The van der Waals surface area contributed by atoms with Crippen LogP contribution in [-0.4, -0.2) is 38.5 Å². The smallest absolute Gasteiger partial charge is 0.171 e. The minimum Gasteiger partial charge on any atom is -0.350 e. The van der Waals surface area contributed by atoms with E-state index in [1.165, 1.54) is 0 Å². The lowest BCUT2D eigenvalue weighted by Crippen LogP contribution is -2.36. The molecule has 5 heteroatoms. The highest BCUT2D eigenvalue weighted by molar-refractivity contribution is 5.00. The van der Waals surface area contributed by atoms with E-state index in [0.717, 1.165) is 51.7 Å². The fraction of sp³-hybridized carbons (Fsp3) is 0.833. The van der Waals surface area contributed by atoms with Crippen molar-refractivity contribution in [2.45, 2.75) is 57.0 Å². The molecule has 0 bridgehead atoms. The van der Waals surface area contributed by atoms with Crippen LogP contribution in [0.4, 0.5) is 0 Å². The van der Waals surface area contributed by atoms with Crippen molar-refractivity contribution < 1.29 is 18.9 Å². The standard InChI is InChI=1S/C18H27NO4/c19-10-8-15-7-9-18(22-13-14-23-18)16(15)5-3-1-2-4-6-17-20-11-12-21-17/h1,3,15-17H,2,4-9,11-14H2/b3-1-/t15-,16-/m0/s1. The van der Waals surface area contributed by atoms with Crippen LogP contribution in [-0.2, 0) is 18.9 Å². The van der Waals surface area contributed by atoms with Gasteiger partial charge >= 0.3 is 0 Å². The van der Waals surface area contributed by atoms with Gasteiger partial charge in [-0.15, -0.1) is 0 Å². The Balaban J connectivity index is 1.44. The highest BCUT2D eigenvalue weighted by atomic mass is 16.7. The molecule has 0 radical (unpaired) electrons. The first-order valence-corrected chi connectivity index (χ1v) is 8.87. The SMILES string of the molecule is N#CC[C@@H]1CCC2(OCCO2)[C@H]1C/C=C\CCCC1OCCO1. The molecule has 1 aliphatic carbocycles. The van der Waals surface area contributed by atoms with Gasteiger partial charge in [0.05, 0.1) is 32.5 Å². The first-order valence-electron chi connectivity index (χ1n) is 8.87. The van der Waals surface area contributed by atoms with Gasteiger partial charge in [-0.1, -0.05) is 12.2 Å². The second-order valence-electron chi connectivity index (χ2n) is 6.59. The number of rotatable bonds is 7. The van der Waals surface area contributed by atoms with Crippen LogP contribution in [0, 0.1) is 23.2 Å². The molecule has 0 amide bonds. The number of hydrogen-bond donors (Lipinski definition) is 0. The number of nitriles is 1. The van der Waals surface area contributed by atoms with E-state index >= 15 is 0 Å². The molecule has 23 heavy (non-hydrogen) atoms. The Kier molecular flexibility index (Phi) is 6.07. The third-order valence-corrected chi connectivity index (χ3v) is 5.19. The monoisotopic (exact) mass is 321 g/mol. The summed E-state index contributed by atoms with van der Waals surface area (Å²) in [4.78, 5) is 0. The van der Waals surface area contributed by atoms with E-state index < -0.39 is 5.79 Å². The summed E-state index contributed by atoms with van der Waals surface area (Å²) in [5.74, 6) is 0.280. The summed E-state index contributed by atoms with van der Waals surface area (Å²) in [5, 5.41) is 9.05.